The SMILES string of the molecule is CCOC(=O)C1=C(C)N=c2s/c(=C\c3ccc(-c4cccc(Cl)c4)o3)c(=O)n2[C@@H]1c1ccc(OCC)c(OCC)c1. The van der Waals surface area contributed by atoms with Crippen LogP contribution < -0.4 is 24.4 Å². The second-order valence-corrected chi connectivity index (χ2v) is 10.5. The molecule has 0 fully saturated rings. The van der Waals surface area contributed by atoms with Crippen molar-refractivity contribution < 1.29 is 23.4 Å². The summed E-state index contributed by atoms with van der Waals surface area (Å²) in [5.41, 5.74) is 1.96. The zero-order valence-corrected chi connectivity index (χ0v) is 24.7. The fourth-order valence-electron chi connectivity index (χ4n) is 4.70. The van der Waals surface area contributed by atoms with E-state index in [0.29, 0.717) is 67.4 Å². The van der Waals surface area contributed by atoms with Crippen LogP contribution in [-0.4, -0.2) is 30.4 Å². The summed E-state index contributed by atoms with van der Waals surface area (Å²) in [6.45, 7) is 8.34. The van der Waals surface area contributed by atoms with E-state index in [1.165, 1.54) is 15.9 Å². The number of aromatic nitrogens is 1. The quantitative estimate of drug-likeness (QED) is 0.238. The number of ether oxygens (including phenoxy) is 3. The molecule has 2 aromatic carbocycles. The molecule has 1 aliphatic heterocycles. The number of furan rings is 1. The molecule has 0 spiro atoms. The normalized spacial score (nSPS) is 15.0. The van der Waals surface area contributed by atoms with Gasteiger partial charge in [-0.1, -0.05) is 41.1 Å². The standard InChI is InChI=1S/C31H29ClN2O6S/c1-5-37-24-13-11-20(16-25(24)38-6-2)28-27(30(36)39-7-3)18(4)33-31-34(28)29(35)26(41-31)17-22-12-14-23(40-22)19-9-8-10-21(32)15-19/h8-17,28H,5-7H2,1-4H3/b26-17-/t28-/m1/s1. The first-order chi connectivity index (χ1) is 19.8. The highest BCUT2D eigenvalue weighted by Crippen LogP contribution is 2.36. The van der Waals surface area contributed by atoms with Crippen LogP contribution in [0.5, 0.6) is 11.5 Å². The highest BCUT2D eigenvalue weighted by atomic mass is 35.5. The lowest BCUT2D eigenvalue weighted by molar-refractivity contribution is -0.139. The van der Waals surface area contributed by atoms with E-state index in [-0.39, 0.29) is 12.2 Å². The molecule has 0 radical (unpaired) electrons. The largest absolute Gasteiger partial charge is 0.490 e. The Labute approximate surface area is 245 Å². The first-order valence-electron chi connectivity index (χ1n) is 13.3. The lowest BCUT2D eigenvalue weighted by Crippen LogP contribution is -2.40. The monoisotopic (exact) mass is 592 g/mol. The fourth-order valence-corrected chi connectivity index (χ4v) is 5.92. The van der Waals surface area contributed by atoms with Crippen LogP contribution in [0, 0.1) is 0 Å². The van der Waals surface area contributed by atoms with Gasteiger partial charge in [0.25, 0.3) is 5.56 Å². The number of rotatable bonds is 9. The summed E-state index contributed by atoms with van der Waals surface area (Å²) in [4.78, 5) is 32.2. The van der Waals surface area contributed by atoms with Gasteiger partial charge >= 0.3 is 5.97 Å². The van der Waals surface area contributed by atoms with Crippen LogP contribution in [0.3, 0.4) is 0 Å². The molecule has 212 valence electrons. The number of fused-ring (bicyclic) bond motifs is 1. The van der Waals surface area contributed by atoms with Gasteiger partial charge in [-0.2, -0.15) is 0 Å². The van der Waals surface area contributed by atoms with Crippen molar-refractivity contribution in [1.82, 2.24) is 4.57 Å². The van der Waals surface area contributed by atoms with Crippen LogP contribution in [0.25, 0.3) is 17.4 Å². The molecule has 1 atom stereocenters. The van der Waals surface area contributed by atoms with Gasteiger partial charge in [-0.25, -0.2) is 9.79 Å². The smallest absolute Gasteiger partial charge is 0.338 e. The van der Waals surface area contributed by atoms with E-state index in [1.54, 1.807) is 44.2 Å². The fraction of sp³-hybridized carbons (Fsp3) is 0.258. The average Bonchev–Trinajstić information content (AvgIpc) is 3.53. The number of hydrogen-bond donors (Lipinski definition) is 0. The Morgan fingerprint density at radius 3 is 2.56 bits per heavy atom. The summed E-state index contributed by atoms with van der Waals surface area (Å²) in [6.07, 6.45) is 1.68. The lowest BCUT2D eigenvalue weighted by atomic mass is 9.95. The molecule has 1 aliphatic rings. The molecular weight excluding hydrogens is 564 g/mol. The summed E-state index contributed by atoms with van der Waals surface area (Å²) in [7, 11) is 0. The van der Waals surface area contributed by atoms with Crippen molar-refractivity contribution in [2.24, 2.45) is 4.99 Å². The first-order valence-corrected chi connectivity index (χ1v) is 14.5. The molecule has 0 amide bonds. The molecule has 0 saturated heterocycles. The molecule has 8 nitrogen and oxygen atoms in total. The second-order valence-electron chi connectivity index (χ2n) is 9.09. The molecule has 2 aromatic heterocycles. The third kappa shape index (κ3) is 5.73. The molecule has 3 heterocycles. The third-order valence-corrected chi connectivity index (χ3v) is 7.63. The van der Waals surface area contributed by atoms with Crippen molar-refractivity contribution >= 4 is 35.0 Å². The maximum absolute atomic E-state index is 13.9. The number of carbonyl (C=O) groups is 1. The summed E-state index contributed by atoms with van der Waals surface area (Å²) in [6, 6.07) is 15.6. The zero-order chi connectivity index (χ0) is 29.1. The van der Waals surface area contributed by atoms with Gasteiger partial charge in [0.15, 0.2) is 16.3 Å². The summed E-state index contributed by atoms with van der Waals surface area (Å²) in [5, 5.41) is 0.600. The van der Waals surface area contributed by atoms with E-state index in [2.05, 4.69) is 4.99 Å². The number of benzene rings is 2. The number of esters is 1. The highest BCUT2D eigenvalue weighted by molar-refractivity contribution is 7.07. The molecule has 4 aromatic rings. The number of thiazole rings is 1. The summed E-state index contributed by atoms with van der Waals surface area (Å²) in [5.74, 6) is 1.70. The van der Waals surface area contributed by atoms with Crippen molar-refractivity contribution in [2.75, 3.05) is 19.8 Å². The van der Waals surface area contributed by atoms with Gasteiger partial charge in [-0.3, -0.25) is 9.36 Å². The van der Waals surface area contributed by atoms with Crippen molar-refractivity contribution in [3.63, 3.8) is 0 Å². The highest BCUT2D eigenvalue weighted by Gasteiger charge is 2.34. The predicted octanol–water partition coefficient (Wildman–Crippen LogP) is 5.51. The molecule has 0 unspecified atom stereocenters. The maximum atomic E-state index is 13.9. The van der Waals surface area contributed by atoms with E-state index < -0.39 is 12.0 Å². The van der Waals surface area contributed by atoms with Crippen molar-refractivity contribution in [3.8, 4) is 22.8 Å². The molecule has 0 N–H and O–H groups in total. The van der Waals surface area contributed by atoms with Gasteiger partial charge in [0.05, 0.1) is 41.7 Å². The van der Waals surface area contributed by atoms with Gasteiger partial charge in [0.1, 0.15) is 11.5 Å². The van der Waals surface area contributed by atoms with Crippen LogP contribution in [-0.2, 0) is 9.53 Å². The minimum Gasteiger partial charge on any atom is -0.490 e. The molecule has 10 heteroatoms. The number of nitrogens with zero attached hydrogens (tertiary/aromatic N) is 2. The lowest BCUT2D eigenvalue weighted by Gasteiger charge is -2.25. The van der Waals surface area contributed by atoms with E-state index in [4.69, 9.17) is 30.2 Å². The predicted molar refractivity (Wildman–Crippen MR) is 158 cm³/mol. The van der Waals surface area contributed by atoms with Gasteiger partial charge in [-0.15, -0.1) is 0 Å². The average molecular weight is 593 g/mol. The molecule has 0 bridgehead atoms. The Hall–Kier alpha value is -4.08. The van der Waals surface area contributed by atoms with Crippen molar-refractivity contribution in [1.29, 1.82) is 0 Å². The third-order valence-electron chi connectivity index (χ3n) is 6.41. The first kappa shape index (κ1) is 28.4. The Balaban J connectivity index is 1.65. The van der Waals surface area contributed by atoms with Gasteiger partial charge < -0.3 is 18.6 Å². The molecule has 0 saturated carbocycles. The summed E-state index contributed by atoms with van der Waals surface area (Å²) < 4.78 is 24.9. The number of halogens is 1. The zero-order valence-electron chi connectivity index (χ0n) is 23.1. The van der Waals surface area contributed by atoms with Crippen LogP contribution in [0.4, 0.5) is 0 Å². The Kier molecular flexibility index (Phi) is 8.46. The van der Waals surface area contributed by atoms with Crippen LogP contribution in [0.2, 0.25) is 5.02 Å². The van der Waals surface area contributed by atoms with Crippen molar-refractivity contribution in [2.45, 2.75) is 33.7 Å². The topological polar surface area (TPSA) is 92.3 Å². The van der Waals surface area contributed by atoms with Crippen molar-refractivity contribution in [3.05, 3.63) is 102 Å². The van der Waals surface area contributed by atoms with E-state index in [9.17, 15) is 9.59 Å². The summed E-state index contributed by atoms with van der Waals surface area (Å²) >= 11 is 7.36. The van der Waals surface area contributed by atoms with E-state index in [1.807, 2.05) is 44.2 Å². The van der Waals surface area contributed by atoms with Crippen LogP contribution in [0.15, 0.2) is 80.1 Å². The van der Waals surface area contributed by atoms with Gasteiger partial charge in [0.2, 0.25) is 0 Å². The van der Waals surface area contributed by atoms with E-state index in [0.717, 1.165) is 5.56 Å². The number of carbonyl (C=O) groups excluding carboxylic acids is 1. The van der Waals surface area contributed by atoms with Gasteiger partial charge in [0, 0.05) is 16.7 Å². The van der Waals surface area contributed by atoms with Crippen LogP contribution >= 0.6 is 22.9 Å². The van der Waals surface area contributed by atoms with Gasteiger partial charge in [-0.05, 0) is 69.7 Å². The molecule has 5 rings (SSSR count). The molecule has 41 heavy (non-hydrogen) atoms. The number of hydrogen-bond acceptors (Lipinski definition) is 8. The Bertz CT molecular complexity index is 1820. The molecule has 0 aliphatic carbocycles. The minimum atomic E-state index is -0.777. The molecular formula is C31H29ClN2O6S. The maximum Gasteiger partial charge on any atom is 0.338 e. The van der Waals surface area contributed by atoms with Crippen LogP contribution in [0.1, 0.15) is 45.1 Å². The minimum absolute atomic E-state index is 0.188. The Morgan fingerprint density at radius 1 is 1.05 bits per heavy atom. The van der Waals surface area contributed by atoms with E-state index >= 15 is 0 Å². The Morgan fingerprint density at radius 2 is 1.83 bits per heavy atom. The second kappa shape index (κ2) is 12.2. The number of allylic oxidation sites excluding steroid dienone is 1.